The van der Waals surface area contributed by atoms with Crippen LogP contribution in [0.4, 0.5) is 0 Å². The molecule has 4 nitrogen and oxygen atoms in total. The Bertz CT molecular complexity index is 397. The highest BCUT2D eigenvalue weighted by Crippen LogP contribution is 2.42. The van der Waals surface area contributed by atoms with Gasteiger partial charge in [-0.3, -0.25) is 4.79 Å². The second-order valence-corrected chi connectivity index (χ2v) is 7.77. The highest BCUT2D eigenvalue weighted by Gasteiger charge is 2.39. The maximum Gasteiger partial charge on any atom is 0.133 e. The molecule has 0 aromatic rings. The van der Waals surface area contributed by atoms with Crippen LogP contribution in [-0.4, -0.2) is 60.0 Å². The Kier molecular flexibility index (Phi) is 11.1. The van der Waals surface area contributed by atoms with Gasteiger partial charge in [-0.25, -0.2) is 0 Å². The maximum atomic E-state index is 11.3. The molecular formula is C21H40N2O2. The number of rotatable bonds is 15. The van der Waals surface area contributed by atoms with Gasteiger partial charge in [0.2, 0.25) is 0 Å². The fraction of sp³-hybridized carbons (Fsp3) is 0.857. The van der Waals surface area contributed by atoms with E-state index < -0.39 is 0 Å². The van der Waals surface area contributed by atoms with E-state index in [0.29, 0.717) is 17.6 Å². The molecule has 0 amide bonds. The number of hydrogen-bond acceptors (Lipinski definition) is 4. The van der Waals surface area contributed by atoms with Gasteiger partial charge in [-0.15, -0.1) is 0 Å². The molecule has 1 fully saturated rings. The summed E-state index contributed by atoms with van der Waals surface area (Å²) in [5.74, 6) is 1.35. The summed E-state index contributed by atoms with van der Waals surface area (Å²) in [4.78, 5) is 15.9. The van der Waals surface area contributed by atoms with E-state index in [1.54, 1.807) is 6.92 Å². The van der Waals surface area contributed by atoms with E-state index in [1.807, 2.05) is 6.92 Å². The summed E-state index contributed by atoms with van der Waals surface area (Å²) in [5.41, 5.74) is 0. The second-order valence-electron chi connectivity index (χ2n) is 7.77. The van der Waals surface area contributed by atoms with E-state index in [2.05, 4.69) is 36.0 Å². The van der Waals surface area contributed by atoms with Crippen LogP contribution in [0.2, 0.25) is 0 Å². The number of ketones is 1. The molecule has 0 aromatic heterocycles. The Morgan fingerprint density at radius 1 is 1.24 bits per heavy atom. The average Bonchev–Trinajstić information content (AvgIpc) is 3.32. The van der Waals surface area contributed by atoms with Gasteiger partial charge in [-0.2, -0.15) is 0 Å². The van der Waals surface area contributed by atoms with Crippen LogP contribution >= 0.6 is 0 Å². The molecule has 1 rings (SSSR count). The van der Waals surface area contributed by atoms with E-state index >= 15 is 0 Å². The molecule has 1 aliphatic carbocycles. The molecule has 1 aliphatic rings. The third kappa shape index (κ3) is 10.0. The van der Waals surface area contributed by atoms with Crippen LogP contribution in [0, 0.1) is 11.8 Å². The standard InChI is InChI=1S/C21H40N2O2/c1-5-12-22(4)14-9-15-23(13-6-2)17-20(25)11-8-7-10-19-16-21(19)18(3)24/h5,12,19-21,25H,6-11,13-17H2,1-4H3/b12-5-. The van der Waals surface area contributed by atoms with Gasteiger partial charge in [0.25, 0.3) is 0 Å². The summed E-state index contributed by atoms with van der Waals surface area (Å²) in [5, 5.41) is 10.3. The smallest absolute Gasteiger partial charge is 0.133 e. The van der Waals surface area contributed by atoms with Crippen molar-refractivity contribution in [3.63, 3.8) is 0 Å². The van der Waals surface area contributed by atoms with Crippen molar-refractivity contribution >= 4 is 5.78 Å². The molecule has 4 heteroatoms. The minimum atomic E-state index is -0.220. The number of unbranched alkanes of at least 4 members (excludes halogenated alkanes) is 1. The highest BCUT2D eigenvalue weighted by atomic mass is 16.3. The molecule has 1 N–H and O–H groups in total. The molecule has 0 heterocycles. The predicted octanol–water partition coefficient (Wildman–Crippen LogP) is 3.70. The van der Waals surface area contributed by atoms with Crippen molar-refractivity contribution in [3.05, 3.63) is 12.3 Å². The molecular weight excluding hydrogens is 312 g/mol. The van der Waals surface area contributed by atoms with Crippen LogP contribution in [0.3, 0.4) is 0 Å². The summed E-state index contributed by atoms with van der Waals surface area (Å²) in [6.07, 6.45) is 11.6. The third-order valence-corrected chi connectivity index (χ3v) is 5.20. The van der Waals surface area contributed by atoms with Gasteiger partial charge >= 0.3 is 0 Å². The normalized spacial score (nSPS) is 21.0. The average molecular weight is 353 g/mol. The first-order chi connectivity index (χ1) is 12.0. The molecule has 0 aliphatic heterocycles. The summed E-state index contributed by atoms with van der Waals surface area (Å²) in [7, 11) is 2.11. The zero-order valence-electron chi connectivity index (χ0n) is 16.9. The highest BCUT2D eigenvalue weighted by molar-refractivity contribution is 5.81. The van der Waals surface area contributed by atoms with Crippen molar-refractivity contribution in [2.24, 2.45) is 11.8 Å². The van der Waals surface area contributed by atoms with Crippen LogP contribution in [0.1, 0.15) is 65.7 Å². The second kappa shape index (κ2) is 12.5. The third-order valence-electron chi connectivity index (χ3n) is 5.20. The van der Waals surface area contributed by atoms with Crippen LogP contribution in [0.25, 0.3) is 0 Å². The molecule has 0 aromatic carbocycles. The summed E-state index contributed by atoms with van der Waals surface area (Å²) in [6.45, 7) is 9.92. The lowest BCUT2D eigenvalue weighted by Crippen LogP contribution is -2.35. The van der Waals surface area contributed by atoms with E-state index in [9.17, 15) is 9.90 Å². The number of allylic oxidation sites excluding steroid dienone is 1. The van der Waals surface area contributed by atoms with Gasteiger partial charge in [-0.05, 0) is 71.2 Å². The topological polar surface area (TPSA) is 43.8 Å². The van der Waals surface area contributed by atoms with Crippen molar-refractivity contribution in [2.75, 3.05) is 33.2 Å². The minimum absolute atomic E-state index is 0.220. The van der Waals surface area contributed by atoms with Gasteiger partial charge in [0.1, 0.15) is 5.78 Å². The van der Waals surface area contributed by atoms with E-state index in [0.717, 1.165) is 71.1 Å². The maximum absolute atomic E-state index is 11.3. The Morgan fingerprint density at radius 2 is 2.00 bits per heavy atom. The SMILES string of the molecule is C/C=C\N(C)CCCN(CCC)CC(O)CCCCC1CC1C(C)=O. The van der Waals surface area contributed by atoms with Crippen LogP contribution in [0.5, 0.6) is 0 Å². The largest absolute Gasteiger partial charge is 0.392 e. The number of hydrogen-bond donors (Lipinski definition) is 1. The van der Waals surface area contributed by atoms with Gasteiger partial charge < -0.3 is 14.9 Å². The first kappa shape index (κ1) is 22.2. The predicted molar refractivity (Wildman–Crippen MR) is 106 cm³/mol. The summed E-state index contributed by atoms with van der Waals surface area (Å²) < 4.78 is 0. The molecule has 3 atom stereocenters. The lowest BCUT2D eigenvalue weighted by atomic mass is 10.1. The first-order valence-corrected chi connectivity index (χ1v) is 10.2. The zero-order chi connectivity index (χ0) is 18.7. The number of carbonyl (C=O) groups excluding carboxylic acids is 1. The molecule has 146 valence electrons. The first-order valence-electron chi connectivity index (χ1n) is 10.2. The molecule has 0 spiro atoms. The number of nitrogens with zero attached hydrogens (tertiary/aromatic N) is 2. The zero-order valence-corrected chi connectivity index (χ0v) is 16.9. The molecule has 1 saturated carbocycles. The number of Topliss-reactive ketones (excluding diaryl/α,β-unsaturated/α-hetero) is 1. The van der Waals surface area contributed by atoms with Crippen molar-refractivity contribution in [1.29, 1.82) is 0 Å². The monoisotopic (exact) mass is 352 g/mol. The fourth-order valence-corrected chi connectivity index (χ4v) is 3.72. The van der Waals surface area contributed by atoms with Gasteiger partial charge in [0, 0.05) is 26.1 Å². The number of aliphatic hydroxyl groups excluding tert-OH is 1. The molecule has 3 unspecified atom stereocenters. The van der Waals surface area contributed by atoms with E-state index in [1.165, 1.54) is 0 Å². The Morgan fingerprint density at radius 3 is 2.60 bits per heavy atom. The van der Waals surface area contributed by atoms with Crippen molar-refractivity contribution in [2.45, 2.75) is 71.8 Å². The van der Waals surface area contributed by atoms with Crippen LogP contribution in [0.15, 0.2) is 12.3 Å². The van der Waals surface area contributed by atoms with Crippen molar-refractivity contribution in [3.8, 4) is 0 Å². The lowest BCUT2D eigenvalue weighted by molar-refractivity contribution is -0.118. The molecule has 0 radical (unpaired) electrons. The summed E-state index contributed by atoms with van der Waals surface area (Å²) >= 11 is 0. The Hall–Kier alpha value is -0.870. The Balaban J connectivity index is 2.13. The van der Waals surface area contributed by atoms with Crippen LogP contribution in [-0.2, 0) is 4.79 Å². The summed E-state index contributed by atoms with van der Waals surface area (Å²) in [6, 6.07) is 0. The molecule has 0 saturated heterocycles. The fourth-order valence-electron chi connectivity index (χ4n) is 3.72. The quantitative estimate of drug-likeness (QED) is 0.456. The number of carbonyl (C=O) groups is 1. The molecule has 0 bridgehead atoms. The molecule has 25 heavy (non-hydrogen) atoms. The van der Waals surface area contributed by atoms with Gasteiger partial charge in [-0.1, -0.05) is 25.8 Å². The number of aliphatic hydroxyl groups is 1. The van der Waals surface area contributed by atoms with Crippen LogP contribution < -0.4 is 0 Å². The van der Waals surface area contributed by atoms with E-state index in [-0.39, 0.29) is 6.10 Å². The van der Waals surface area contributed by atoms with E-state index in [4.69, 9.17) is 0 Å². The lowest BCUT2D eigenvalue weighted by Gasteiger charge is -2.25. The minimum Gasteiger partial charge on any atom is -0.392 e. The van der Waals surface area contributed by atoms with Gasteiger partial charge in [0.15, 0.2) is 0 Å². The van der Waals surface area contributed by atoms with Crippen molar-refractivity contribution < 1.29 is 9.90 Å². The Labute approximate surface area is 155 Å². The van der Waals surface area contributed by atoms with Crippen molar-refractivity contribution in [1.82, 2.24) is 9.80 Å². The van der Waals surface area contributed by atoms with Gasteiger partial charge in [0.05, 0.1) is 6.10 Å².